The van der Waals surface area contributed by atoms with Crippen LogP contribution in [0.1, 0.15) is 54.9 Å². The first-order valence-corrected chi connectivity index (χ1v) is 15.5. The zero-order chi connectivity index (χ0) is 28.4. The van der Waals surface area contributed by atoms with Gasteiger partial charge in [0, 0.05) is 52.6 Å². The van der Waals surface area contributed by atoms with Gasteiger partial charge < -0.3 is 20.5 Å². The number of rotatable bonds is 12. The predicted molar refractivity (Wildman–Crippen MR) is 162 cm³/mol. The van der Waals surface area contributed by atoms with Crippen LogP contribution in [0.5, 0.6) is 0 Å². The summed E-state index contributed by atoms with van der Waals surface area (Å²) in [5, 5.41) is 10.2. The molecule has 3 fully saturated rings. The number of fused-ring (bicyclic) bond motifs is 2. The van der Waals surface area contributed by atoms with Crippen molar-refractivity contribution in [2.45, 2.75) is 57.3 Å². The number of nitrogens with one attached hydrogen (secondary N) is 1. The van der Waals surface area contributed by atoms with E-state index in [2.05, 4.69) is 9.62 Å². The van der Waals surface area contributed by atoms with Gasteiger partial charge in [0.05, 0.1) is 34.6 Å². The molecule has 5 rings (SSSR count). The molecule has 0 spiro atoms. The first kappa shape index (κ1) is 29.3. The number of piperidine rings is 1. The SMILES string of the molecule is CC(O)CCSNC(=O)c1ccc(N2C[C@@H]3C[C@H]2C[C@H]3OCC(C(=O)C2CC2)=C(N)c2c(Cl)cccc2Cl)cc1. The molecule has 2 bridgehead atoms. The van der Waals surface area contributed by atoms with Gasteiger partial charge in [0.1, 0.15) is 0 Å². The molecule has 1 amide bonds. The molecule has 0 radical (unpaired) electrons. The molecule has 4 N–H and O–H groups in total. The predicted octanol–water partition coefficient (Wildman–Crippen LogP) is 5.48. The number of hydrogen-bond donors (Lipinski definition) is 3. The molecule has 10 heteroatoms. The highest BCUT2D eigenvalue weighted by Gasteiger charge is 2.45. The minimum absolute atomic E-state index is 0.00169. The van der Waals surface area contributed by atoms with Crippen molar-refractivity contribution in [3.05, 3.63) is 69.2 Å². The molecule has 0 aromatic heterocycles. The number of ketones is 1. The van der Waals surface area contributed by atoms with Crippen LogP contribution in [0, 0.1) is 11.8 Å². The molecule has 1 unspecified atom stereocenters. The molecule has 4 atom stereocenters. The molecule has 40 heavy (non-hydrogen) atoms. The number of anilines is 1. The van der Waals surface area contributed by atoms with E-state index < -0.39 is 0 Å². The van der Waals surface area contributed by atoms with Crippen molar-refractivity contribution in [3.63, 3.8) is 0 Å². The normalized spacial score (nSPS) is 23.2. The second-order valence-corrected chi connectivity index (χ2v) is 12.7. The standard InChI is InChI=1S/C30H35Cl2N3O4S/c1-17(36)11-12-40-34-30(38)19-7-9-21(10-8-19)35-15-20-13-22(35)14-26(20)39-16-23(29(37)18-5-6-18)28(33)27-24(31)3-2-4-25(27)32/h2-4,7-10,17-18,20,22,26,36H,5-6,11-16,33H2,1H3,(H,34,38)/t17?,20-,22-,26+/m0/s1. The van der Waals surface area contributed by atoms with E-state index in [9.17, 15) is 14.7 Å². The maximum atomic E-state index is 13.2. The lowest BCUT2D eigenvalue weighted by Gasteiger charge is -2.33. The summed E-state index contributed by atoms with van der Waals surface area (Å²) in [5.74, 6) is 0.903. The van der Waals surface area contributed by atoms with Crippen LogP contribution in [0.25, 0.3) is 5.70 Å². The fourth-order valence-corrected chi connectivity index (χ4v) is 7.02. The Hall–Kier alpha value is -2.23. The maximum Gasteiger partial charge on any atom is 0.261 e. The van der Waals surface area contributed by atoms with Crippen molar-refractivity contribution in [3.8, 4) is 0 Å². The van der Waals surface area contributed by atoms with Crippen molar-refractivity contribution < 1.29 is 19.4 Å². The molecule has 2 aromatic carbocycles. The minimum atomic E-state index is -0.376. The number of aliphatic hydroxyl groups excluding tert-OH is 1. The molecule has 7 nitrogen and oxygen atoms in total. The smallest absolute Gasteiger partial charge is 0.261 e. The lowest BCUT2D eigenvalue weighted by molar-refractivity contribution is -0.117. The van der Waals surface area contributed by atoms with Crippen LogP contribution in [0.2, 0.25) is 10.0 Å². The zero-order valence-electron chi connectivity index (χ0n) is 22.4. The van der Waals surface area contributed by atoms with Crippen molar-refractivity contribution in [2.24, 2.45) is 17.6 Å². The molecule has 2 aromatic rings. The number of hydrogen-bond acceptors (Lipinski definition) is 7. The van der Waals surface area contributed by atoms with Crippen LogP contribution < -0.4 is 15.4 Å². The first-order valence-electron chi connectivity index (χ1n) is 13.8. The molecule has 2 saturated carbocycles. The van der Waals surface area contributed by atoms with Gasteiger partial charge in [0.25, 0.3) is 5.91 Å². The third-order valence-electron chi connectivity index (χ3n) is 7.99. The van der Waals surface area contributed by atoms with E-state index in [0.717, 1.165) is 37.9 Å². The maximum absolute atomic E-state index is 13.2. The van der Waals surface area contributed by atoms with E-state index in [-0.39, 0.29) is 36.4 Å². The number of halogens is 2. The zero-order valence-corrected chi connectivity index (χ0v) is 24.8. The number of amides is 1. The van der Waals surface area contributed by atoms with Crippen molar-refractivity contribution in [1.82, 2.24) is 4.72 Å². The summed E-state index contributed by atoms with van der Waals surface area (Å²) in [7, 11) is 0. The molecular weight excluding hydrogens is 569 g/mol. The average molecular weight is 605 g/mol. The van der Waals surface area contributed by atoms with Crippen LogP contribution in [-0.2, 0) is 9.53 Å². The summed E-state index contributed by atoms with van der Waals surface area (Å²) >= 11 is 14.1. The monoisotopic (exact) mass is 603 g/mol. The lowest BCUT2D eigenvalue weighted by Crippen LogP contribution is -2.39. The Morgan fingerprint density at radius 2 is 1.85 bits per heavy atom. The number of benzene rings is 2. The number of nitrogens with two attached hydrogens (primary N) is 1. The quantitative estimate of drug-likeness (QED) is 0.168. The summed E-state index contributed by atoms with van der Waals surface area (Å²) in [6, 6.07) is 13.2. The van der Waals surface area contributed by atoms with Crippen molar-refractivity contribution in [2.75, 3.05) is 23.8 Å². The molecule has 1 heterocycles. The van der Waals surface area contributed by atoms with Gasteiger partial charge in [-0.05, 0) is 75.4 Å². The average Bonchev–Trinajstić information content (AvgIpc) is 3.60. The second-order valence-electron chi connectivity index (χ2n) is 11.0. The van der Waals surface area contributed by atoms with Crippen LogP contribution in [0.15, 0.2) is 48.0 Å². The fraction of sp³-hybridized carbons (Fsp3) is 0.467. The number of Topliss-reactive ketones (excluding diaryl/α,β-unsaturated/α-hetero) is 1. The molecule has 214 valence electrons. The van der Waals surface area contributed by atoms with Gasteiger partial charge in [0.2, 0.25) is 0 Å². The van der Waals surface area contributed by atoms with Crippen LogP contribution in [0.3, 0.4) is 0 Å². The lowest BCUT2D eigenvalue weighted by atomic mass is 10.0. The Kier molecular flexibility index (Phi) is 9.32. The van der Waals surface area contributed by atoms with E-state index >= 15 is 0 Å². The summed E-state index contributed by atoms with van der Waals surface area (Å²) in [6.07, 6.45) is 3.93. The topological polar surface area (TPSA) is 105 Å². The van der Waals surface area contributed by atoms with E-state index in [0.29, 0.717) is 56.6 Å². The number of ether oxygens (including phenoxy) is 1. The van der Waals surface area contributed by atoms with Gasteiger partial charge >= 0.3 is 0 Å². The Labute approximate surface area is 249 Å². The van der Waals surface area contributed by atoms with Crippen LogP contribution >= 0.6 is 35.1 Å². The Morgan fingerprint density at radius 3 is 2.45 bits per heavy atom. The Balaban J connectivity index is 1.19. The van der Waals surface area contributed by atoms with Gasteiger partial charge in [-0.25, -0.2) is 0 Å². The summed E-state index contributed by atoms with van der Waals surface area (Å²) < 4.78 is 9.20. The summed E-state index contributed by atoms with van der Waals surface area (Å²) in [6.45, 7) is 2.74. The van der Waals surface area contributed by atoms with Crippen LogP contribution in [0.4, 0.5) is 5.69 Å². The third kappa shape index (κ3) is 6.63. The molecule has 1 aliphatic heterocycles. The third-order valence-corrected chi connectivity index (χ3v) is 9.38. The van der Waals surface area contributed by atoms with E-state index in [1.165, 1.54) is 11.9 Å². The first-order chi connectivity index (χ1) is 19.2. The van der Waals surface area contributed by atoms with Gasteiger partial charge in [0.15, 0.2) is 5.78 Å². The van der Waals surface area contributed by atoms with Crippen LogP contribution in [-0.4, -0.2) is 54.0 Å². The second kappa shape index (κ2) is 12.7. The number of carbonyl (C=O) groups excluding carboxylic acids is 2. The van der Waals surface area contributed by atoms with E-state index in [4.69, 9.17) is 33.7 Å². The Morgan fingerprint density at radius 1 is 1.15 bits per heavy atom. The highest BCUT2D eigenvalue weighted by Crippen LogP contribution is 2.43. The Bertz CT molecular complexity index is 1260. The van der Waals surface area contributed by atoms with Gasteiger partial charge in [-0.3, -0.25) is 14.3 Å². The molecule has 1 saturated heterocycles. The summed E-state index contributed by atoms with van der Waals surface area (Å²) in [5.41, 5.74) is 9.47. The number of nitrogens with zero attached hydrogens (tertiary/aromatic N) is 1. The molecular formula is C30H35Cl2N3O4S. The van der Waals surface area contributed by atoms with Gasteiger partial charge in [-0.2, -0.15) is 0 Å². The summed E-state index contributed by atoms with van der Waals surface area (Å²) in [4.78, 5) is 28.0. The van der Waals surface area contributed by atoms with E-state index in [1.54, 1.807) is 25.1 Å². The highest BCUT2D eigenvalue weighted by molar-refractivity contribution is 7.97. The fourth-order valence-electron chi connectivity index (χ4n) is 5.61. The van der Waals surface area contributed by atoms with Crippen molar-refractivity contribution >= 4 is 58.2 Å². The van der Waals surface area contributed by atoms with Gasteiger partial charge in [-0.15, -0.1) is 0 Å². The van der Waals surface area contributed by atoms with E-state index in [1.807, 2.05) is 24.3 Å². The number of aliphatic hydroxyl groups is 1. The highest BCUT2D eigenvalue weighted by atomic mass is 35.5. The van der Waals surface area contributed by atoms with Gasteiger partial charge in [-0.1, -0.05) is 41.2 Å². The number of carbonyl (C=O) groups is 2. The minimum Gasteiger partial charge on any atom is -0.398 e. The molecule has 2 aliphatic carbocycles. The largest absolute Gasteiger partial charge is 0.398 e. The molecule has 3 aliphatic rings. The van der Waals surface area contributed by atoms with Crippen molar-refractivity contribution in [1.29, 1.82) is 0 Å².